The highest BCUT2D eigenvalue weighted by Gasteiger charge is 2.11. The number of nitrogens with zero attached hydrogens (tertiary/aromatic N) is 5. The summed E-state index contributed by atoms with van der Waals surface area (Å²) in [4.78, 5) is 5.78. The van der Waals surface area contributed by atoms with Crippen molar-refractivity contribution >= 4 is 15.9 Å². The monoisotopic (exact) mass is 399 g/mol. The van der Waals surface area contributed by atoms with Crippen molar-refractivity contribution in [2.45, 2.75) is 6.54 Å². The molecule has 0 aliphatic rings. The Morgan fingerprint density at radius 3 is 2.72 bits per heavy atom. The van der Waals surface area contributed by atoms with Crippen LogP contribution in [0.2, 0.25) is 0 Å². The van der Waals surface area contributed by atoms with Crippen molar-refractivity contribution in [1.29, 1.82) is 0 Å². The fraction of sp³-hybridized carbons (Fsp3) is 0.0588. The normalized spacial score (nSPS) is 11.0. The Morgan fingerprint density at radius 2 is 1.92 bits per heavy atom. The molecule has 2 aromatic heterocycles. The molecule has 0 unspecified atom stereocenters. The van der Waals surface area contributed by atoms with Gasteiger partial charge in [0.15, 0.2) is 0 Å². The van der Waals surface area contributed by atoms with Gasteiger partial charge in [-0.1, -0.05) is 22.0 Å². The summed E-state index contributed by atoms with van der Waals surface area (Å²) in [7, 11) is 0. The molecular weight excluding hydrogens is 389 g/mol. The molecule has 0 fully saturated rings. The van der Waals surface area contributed by atoms with Crippen molar-refractivity contribution < 1.29 is 8.81 Å². The maximum atomic E-state index is 13.3. The Balaban J connectivity index is 1.52. The standard InChI is InChI=1S/C17H11BrFN5O/c18-13-6-4-11(5-7-13)16-21-23-24(22-16)9-15-10-25-17(20-15)12-2-1-3-14(19)8-12/h1-8,10H,9H2. The Bertz CT molecular complexity index is 1010. The highest BCUT2D eigenvalue weighted by Crippen LogP contribution is 2.20. The topological polar surface area (TPSA) is 69.6 Å². The van der Waals surface area contributed by atoms with Gasteiger partial charge in [-0.05, 0) is 47.7 Å². The quantitative estimate of drug-likeness (QED) is 0.519. The van der Waals surface area contributed by atoms with E-state index in [-0.39, 0.29) is 5.82 Å². The van der Waals surface area contributed by atoms with Crippen molar-refractivity contribution in [2.75, 3.05) is 0 Å². The third-order valence-electron chi connectivity index (χ3n) is 3.48. The van der Waals surface area contributed by atoms with Gasteiger partial charge in [0.05, 0.1) is 0 Å². The van der Waals surface area contributed by atoms with Gasteiger partial charge in [-0.2, -0.15) is 4.80 Å². The van der Waals surface area contributed by atoms with Gasteiger partial charge < -0.3 is 4.42 Å². The molecule has 2 heterocycles. The number of oxazole rings is 1. The van der Waals surface area contributed by atoms with Gasteiger partial charge in [-0.3, -0.25) is 0 Å². The van der Waals surface area contributed by atoms with E-state index in [4.69, 9.17) is 4.42 Å². The zero-order valence-electron chi connectivity index (χ0n) is 12.8. The fourth-order valence-corrected chi connectivity index (χ4v) is 2.57. The minimum absolute atomic E-state index is 0.308. The summed E-state index contributed by atoms with van der Waals surface area (Å²) in [6.45, 7) is 0.308. The van der Waals surface area contributed by atoms with Crippen LogP contribution in [0.15, 0.2) is 63.7 Å². The predicted molar refractivity (Wildman–Crippen MR) is 92.0 cm³/mol. The summed E-state index contributed by atoms with van der Waals surface area (Å²) in [5, 5.41) is 12.4. The van der Waals surface area contributed by atoms with Gasteiger partial charge in [0.2, 0.25) is 11.7 Å². The van der Waals surface area contributed by atoms with Gasteiger partial charge >= 0.3 is 0 Å². The van der Waals surface area contributed by atoms with Crippen molar-refractivity contribution in [3.05, 3.63) is 70.8 Å². The van der Waals surface area contributed by atoms with Crippen LogP contribution in [-0.2, 0) is 6.54 Å². The van der Waals surface area contributed by atoms with Gasteiger partial charge in [0.1, 0.15) is 24.3 Å². The Kier molecular flexibility index (Phi) is 4.10. The van der Waals surface area contributed by atoms with E-state index in [1.165, 1.54) is 23.2 Å². The lowest BCUT2D eigenvalue weighted by molar-refractivity contribution is 0.550. The molecule has 8 heteroatoms. The summed E-state index contributed by atoms with van der Waals surface area (Å²) in [5.41, 5.74) is 2.07. The molecule has 0 N–H and O–H groups in total. The third-order valence-corrected chi connectivity index (χ3v) is 4.01. The second-order valence-corrected chi connectivity index (χ2v) is 6.22. The molecular formula is C17H11BrFN5O. The fourth-order valence-electron chi connectivity index (χ4n) is 2.30. The van der Waals surface area contributed by atoms with Gasteiger partial charge in [0, 0.05) is 15.6 Å². The molecule has 124 valence electrons. The lowest BCUT2D eigenvalue weighted by atomic mass is 10.2. The number of tetrazole rings is 1. The van der Waals surface area contributed by atoms with Gasteiger partial charge in [-0.25, -0.2) is 9.37 Å². The molecule has 0 amide bonds. The first-order valence-electron chi connectivity index (χ1n) is 7.41. The lowest BCUT2D eigenvalue weighted by Crippen LogP contribution is -2.04. The number of halogens is 2. The second-order valence-electron chi connectivity index (χ2n) is 5.30. The van der Waals surface area contributed by atoms with E-state index in [0.29, 0.717) is 29.5 Å². The van der Waals surface area contributed by atoms with E-state index in [0.717, 1.165) is 10.0 Å². The van der Waals surface area contributed by atoms with Gasteiger partial charge in [0.25, 0.3) is 0 Å². The minimum Gasteiger partial charge on any atom is -0.444 e. The average molecular weight is 400 g/mol. The maximum absolute atomic E-state index is 13.3. The van der Waals surface area contributed by atoms with E-state index >= 15 is 0 Å². The maximum Gasteiger partial charge on any atom is 0.226 e. The molecule has 4 rings (SSSR count). The summed E-state index contributed by atoms with van der Waals surface area (Å²) in [5.74, 6) is 0.540. The molecule has 0 saturated carbocycles. The highest BCUT2D eigenvalue weighted by atomic mass is 79.9. The minimum atomic E-state index is -0.339. The molecule has 6 nitrogen and oxygen atoms in total. The van der Waals surface area contributed by atoms with Gasteiger partial charge in [-0.15, -0.1) is 10.2 Å². The van der Waals surface area contributed by atoms with Crippen molar-refractivity contribution in [1.82, 2.24) is 25.2 Å². The first-order valence-corrected chi connectivity index (χ1v) is 8.21. The molecule has 0 radical (unpaired) electrons. The Labute approximate surface area is 150 Å². The van der Waals surface area contributed by atoms with Crippen LogP contribution < -0.4 is 0 Å². The zero-order chi connectivity index (χ0) is 17.2. The number of rotatable bonds is 4. The molecule has 0 saturated heterocycles. The molecule has 0 bridgehead atoms. The van der Waals surface area contributed by atoms with E-state index < -0.39 is 0 Å². The highest BCUT2D eigenvalue weighted by molar-refractivity contribution is 9.10. The van der Waals surface area contributed by atoms with E-state index in [2.05, 4.69) is 36.3 Å². The second kappa shape index (κ2) is 6.56. The average Bonchev–Trinajstić information content (AvgIpc) is 3.26. The Hall–Kier alpha value is -2.87. The Morgan fingerprint density at radius 1 is 1.08 bits per heavy atom. The molecule has 0 atom stereocenters. The van der Waals surface area contributed by atoms with E-state index in [9.17, 15) is 4.39 Å². The number of benzene rings is 2. The van der Waals surface area contributed by atoms with Crippen LogP contribution in [0.25, 0.3) is 22.8 Å². The third kappa shape index (κ3) is 3.48. The van der Waals surface area contributed by atoms with Crippen LogP contribution in [0.5, 0.6) is 0 Å². The van der Waals surface area contributed by atoms with Crippen LogP contribution in [0.1, 0.15) is 5.69 Å². The van der Waals surface area contributed by atoms with Crippen LogP contribution in [0.4, 0.5) is 4.39 Å². The van der Waals surface area contributed by atoms with Crippen LogP contribution in [0, 0.1) is 5.82 Å². The molecule has 4 aromatic rings. The summed E-state index contributed by atoms with van der Waals surface area (Å²) < 4.78 is 19.7. The van der Waals surface area contributed by atoms with Crippen molar-refractivity contribution in [3.8, 4) is 22.8 Å². The van der Waals surface area contributed by atoms with E-state index in [1.807, 2.05) is 24.3 Å². The SMILES string of the molecule is Fc1cccc(-c2nc(Cn3nnc(-c4ccc(Br)cc4)n3)co2)c1. The van der Waals surface area contributed by atoms with Crippen LogP contribution in [0.3, 0.4) is 0 Å². The summed E-state index contributed by atoms with van der Waals surface area (Å²) >= 11 is 3.39. The van der Waals surface area contributed by atoms with E-state index in [1.54, 1.807) is 12.1 Å². The van der Waals surface area contributed by atoms with Crippen molar-refractivity contribution in [3.63, 3.8) is 0 Å². The van der Waals surface area contributed by atoms with Crippen molar-refractivity contribution in [2.24, 2.45) is 0 Å². The molecule has 0 aliphatic carbocycles. The number of aromatic nitrogens is 5. The lowest BCUT2D eigenvalue weighted by Gasteiger charge is -1.95. The van der Waals surface area contributed by atoms with Crippen LogP contribution >= 0.6 is 15.9 Å². The molecule has 0 aliphatic heterocycles. The molecule has 25 heavy (non-hydrogen) atoms. The molecule has 0 spiro atoms. The summed E-state index contributed by atoms with van der Waals surface area (Å²) in [6, 6.07) is 13.7. The number of hydrogen-bond donors (Lipinski definition) is 0. The first kappa shape index (κ1) is 15.6. The predicted octanol–water partition coefficient (Wildman–Crippen LogP) is 3.95. The first-order chi connectivity index (χ1) is 12.2. The smallest absolute Gasteiger partial charge is 0.226 e. The summed E-state index contributed by atoms with van der Waals surface area (Å²) in [6.07, 6.45) is 1.50. The van der Waals surface area contributed by atoms with Crippen LogP contribution in [-0.4, -0.2) is 25.2 Å². The number of hydrogen-bond acceptors (Lipinski definition) is 5. The largest absolute Gasteiger partial charge is 0.444 e. The molecule has 2 aromatic carbocycles. The zero-order valence-corrected chi connectivity index (χ0v) is 14.4.